The second-order valence-corrected chi connectivity index (χ2v) is 8.14. The summed E-state index contributed by atoms with van der Waals surface area (Å²) in [7, 11) is 0. The van der Waals surface area contributed by atoms with E-state index in [4.69, 9.17) is 0 Å². The van der Waals surface area contributed by atoms with Crippen molar-refractivity contribution < 1.29 is 4.79 Å². The molecule has 0 radical (unpaired) electrons. The lowest BCUT2D eigenvalue weighted by atomic mass is 9.68. The summed E-state index contributed by atoms with van der Waals surface area (Å²) in [5.41, 5.74) is 4.50. The Hall–Kier alpha value is -3.67. The third-order valence-corrected chi connectivity index (χ3v) is 6.09. The van der Waals surface area contributed by atoms with Gasteiger partial charge in [-0.25, -0.2) is 0 Å². The van der Waals surface area contributed by atoms with Crippen LogP contribution in [0.3, 0.4) is 0 Å². The lowest BCUT2D eigenvalue weighted by Crippen LogP contribution is -2.30. The van der Waals surface area contributed by atoms with Gasteiger partial charge < -0.3 is 5.10 Å². The number of aromatic nitrogens is 5. The van der Waals surface area contributed by atoms with Crippen LogP contribution >= 0.6 is 0 Å². The number of carbonyl (C=O) groups is 1. The summed E-state index contributed by atoms with van der Waals surface area (Å²) in [6.07, 6.45) is 2.01. The van der Waals surface area contributed by atoms with Crippen LogP contribution in [0.1, 0.15) is 48.0 Å². The minimum Gasteiger partial charge on any atom is -0.330 e. The number of nitrogens with zero attached hydrogens (tertiary/aromatic N) is 5. The molecule has 1 atom stereocenters. The molecule has 4 rings (SSSR count). The largest absolute Gasteiger partial charge is 0.330 e. The zero-order valence-corrected chi connectivity index (χ0v) is 17.9. The highest BCUT2D eigenvalue weighted by atomic mass is 16.1. The van der Waals surface area contributed by atoms with Crippen molar-refractivity contribution in [1.82, 2.24) is 25.6 Å². The summed E-state index contributed by atoms with van der Waals surface area (Å²) in [5, 5.41) is 14.9. The Bertz CT molecular complexity index is 1140. The van der Waals surface area contributed by atoms with Crippen LogP contribution in [0, 0.1) is 5.92 Å². The summed E-state index contributed by atoms with van der Waals surface area (Å²) in [5.74, 6) is 0.929. The van der Waals surface area contributed by atoms with Gasteiger partial charge in [0.1, 0.15) is 0 Å². The number of rotatable bonds is 7. The molecule has 31 heavy (non-hydrogen) atoms. The summed E-state index contributed by atoms with van der Waals surface area (Å²) in [6.45, 7) is 6.66. The Morgan fingerprint density at radius 2 is 1.65 bits per heavy atom. The van der Waals surface area contributed by atoms with Gasteiger partial charge in [0.25, 0.3) is 0 Å². The minimum absolute atomic E-state index is 0.0674. The molecule has 0 spiro atoms. The molecular weight excluding hydrogens is 386 g/mol. The monoisotopic (exact) mass is 410 g/mol. The number of Topliss-reactive ketones (excluding diaryl/α,β-unsaturated/α-hetero) is 1. The second-order valence-electron chi connectivity index (χ2n) is 8.14. The van der Waals surface area contributed by atoms with Gasteiger partial charge in [0.05, 0.1) is 6.42 Å². The van der Waals surface area contributed by atoms with Crippen molar-refractivity contribution in [2.45, 2.75) is 32.6 Å². The molecule has 4 aromatic rings. The van der Waals surface area contributed by atoms with Crippen molar-refractivity contribution in [3.63, 3.8) is 0 Å². The van der Waals surface area contributed by atoms with Crippen molar-refractivity contribution in [2.75, 3.05) is 0 Å². The Balaban J connectivity index is 1.60. The number of hydrogen-bond donors (Lipinski definition) is 0. The van der Waals surface area contributed by atoms with E-state index >= 15 is 0 Å². The normalized spacial score (nSPS) is 13.2. The number of benzene rings is 2. The van der Waals surface area contributed by atoms with E-state index in [9.17, 15) is 4.79 Å². The zero-order chi connectivity index (χ0) is 21.8. The first-order valence-electron chi connectivity index (χ1n) is 10.3. The molecule has 0 saturated carbocycles. The van der Waals surface area contributed by atoms with E-state index in [2.05, 4.69) is 70.6 Å². The second kappa shape index (κ2) is 8.60. The molecule has 2 heterocycles. The van der Waals surface area contributed by atoms with Gasteiger partial charge in [-0.1, -0.05) is 75.4 Å². The molecule has 6 nitrogen and oxygen atoms in total. The van der Waals surface area contributed by atoms with Crippen molar-refractivity contribution in [3.8, 4) is 11.4 Å². The van der Waals surface area contributed by atoms with E-state index in [1.807, 2.05) is 42.5 Å². The molecule has 2 aromatic heterocycles. The highest BCUT2D eigenvalue weighted by Crippen LogP contribution is 2.39. The maximum Gasteiger partial charge on any atom is 0.168 e. The standard InChI is InChI=1S/C25H24N5O/c1-17(2)25(3,21-13-9-19(10-14-21)24-27-29-30-28-24)20-11-7-18(8-12-20)23(31)16-22-6-4-5-15-26-22/h4-15,17H,16H2,1-3H3/q-1. The minimum atomic E-state index is -0.218. The fourth-order valence-electron chi connectivity index (χ4n) is 3.83. The van der Waals surface area contributed by atoms with Crippen LogP contribution in [0.5, 0.6) is 0 Å². The Labute approximate surface area is 181 Å². The maximum absolute atomic E-state index is 12.7. The number of pyridine rings is 1. The third kappa shape index (κ3) is 4.14. The SMILES string of the molecule is CC(C)C(C)(c1ccc(C(=O)Cc2ccccn2)cc1)c1ccc(-c2nnn[n-]2)cc1. The van der Waals surface area contributed by atoms with Crippen molar-refractivity contribution in [1.29, 1.82) is 0 Å². The maximum atomic E-state index is 12.7. The first kappa shape index (κ1) is 20.6. The molecular formula is C25H24N5O-. The van der Waals surface area contributed by atoms with E-state index in [0.717, 1.165) is 16.8 Å². The topological polar surface area (TPSA) is 82.7 Å². The summed E-state index contributed by atoms with van der Waals surface area (Å²) >= 11 is 0. The number of carbonyl (C=O) groups excluding carboxylic acids is 1. The van der Waals surface area contributed by atoms with Gasteiger partial charge in [0, 0.05) is 28.7 Å². The van der Waals surface area contributed by atoms with Crippen LogP contribution in [0.2, 0.25) is 0 Å². The van der Waals surface area contributed by atoms with Crippen LogP contribution in [0.4, 0.5) is 0 Å². The number of tetrazole rings is 1. The quantitative estimate of drug-likeness (QED) is 0.423. The third-order valence-electron chi connectivity index (χ3n) is 6.09. The van der Waals surface area contributed by atoms with E-state index < -0.39 is 0 Å². The molecule has 0 fully saturated rings. The zero-order valence-electron chi connectivity index (χ0n) is 17.9. The highest BCUT2D eigenvalue weighted by Gasteiger charge is 2.32. The average molecular weight is 411 g/mol. The van der Waals surface area contributed by atoms with Gasteiger partial charge in [0.15, 0.2) is 5.78 Å². The predicted octanol–water partition coefficient (Wildman–Crippen LogP) is 4.28. The first-order chi connectivity index (χ1) is 15.0. The van der Waals surface area contributed by atoms with Crippen LogP contribution in [0.15, 0.2) is 72.9 Å². The highest BCUT2D eigenvalue weighted by molar-refractivity contribution is 5.97. The molecule has 0 saturated heterocycles. The van der Waals surface area contributed by atoms with Crippen LogP contribution in [0.25, 0.3) is 11.4 Å². The number of hydrogen-bond acceptors (Lipinski definition) is 5. The molecule has 156 valence electrons. The van der Waals surface area contributed by atoms with Gasteiger partial charge in [-0.3, -0.25) is 20.1 Å². The predicted molar refractivity (Wildman–Crippen MR) is 119 cm³/mol. The molecule has 0 aliphatic heterocycles. The van der Waals surface area contributed by atoms with Gasteiger partial charge in [-0.15, -0.1) is 0 Å². The first-order valence-corrected chi connectivity index (χ1v) is 10.3. The summed E-state index contributed by atoms with van der Waals surface area (Å²) in [4.78, 5) is 16.9. The Morgan fingerprint density at radius 1 is 0.968 bits per heavy atom. The average Bonchev–Trinajstić information content (AvgIpc) is 3.34. The molecule has 0 aliphatic carbocycles. The Morgan fingerprint density at radius 3 is 2.19 bits per heavy atom. The fraction of sp³-hybridized carbons (Fsp3) is 0.240. The number of ketones is 1. The van der Waals surface area contributed by atoms with Crippen molar-refractivity contribution in [3.05, 3.63) is 95.3 Å². The lowest BCUT2D eigenvalue weighted by molar-refractivity contribution is 0.0992. The molecule has 1 unspecified atom stereocenters. The molecule has 6 heteroatoms. The summed E-state index contributed by atoms with van der Waals surface area (Å²) < 4.78 is 0. The molecule has 0 bridgehead atoms. The van der Waals surface area contributed by atoms with Crippen molar-refractivity contribution >= 4 is 5.78 Å². The van der Waals surface area contributed by atoms with E-state index in [-0.39, 0.29) is 11.2 Å². The molecule has 0 aliphatic rings. The fourth-order valence-corrected chi connectivity index (χ4v) is 3.83. The molecule has 0 amide bonds. The smallest absolute Gasteiger partial charge is 0.168 e. The lowest BCUT2D eigenvalue weighted by Gasteiger charge is -2.35. The van der Waals surface area contributed by atoms with Crippen LogP contribution in [-0.2, 0) is 11.8 Å². The van der Waals surface area contributed by atoms with Gasteiger partial charge in [0.2, 0.25) is 0 Å². The van der Waals surface area contributed by atoms with E-state index in [0.29, 0.717) is 23.7 Å². The van der Waals surface area contributed by atoms with Gasteiger partial charge in [-0.2, -0.15) is 5.21 Å². The molecule has 2 aromatic carbocycles. The molecule has 0 N–H and O–H groups in total. The van der Waals surface area contributed by atoms with Crippen LogP contribution < -0.4 is 5.10 Å². The van der Waals surface area contributed by atoms with Gasteiger partial charge in [-0.05, 0) is 34.7 Å². The van der Waals surface area contributed by atoms with Crippen molar-refractivity contribution in [2.24, 2.45) is 5.92 Å². The van der Waals surface area contributed by atoms with E-state index in [1.54, 1.807) is 6.20 Å². The van der Waals surface area contributed by atoms with Crippen LogP contribution in [-0.4, -0.2) is 26.3 Å². The van der Waals surface area contributed by atoms with E-state index in [1.165, 1.54) is 5.56 Å². The summed E-state index contributed by atoms with van der Waals surface area (Å²) in [6, 6.07) is 21.8. The van der Waals surface area contributed by atoms with Gasteiger partial charge >= 0.3 is 0 Å². The Kier molecular flexibility index (Phi) is 5.71.